The Kier molecular flexibility index (Phi) is 3.94. The summed E-state index contributed by atoms with van der Waals surface area (Å²) in [5.41, 5.74) is -0.225. The number of nitrogens with zero attached hydrogens (tertiary/aromatic N) is 1. The van der Waals surface area contributed by atoms with Crippen molar-refractivity contribution in [3.05, 3.63) is 0 Å². The third kappa shape index (κ3) is 2.54. The second-order valence-corrected chi connectivity index (χ2v) is 5.02. The normalized spacial score (nSPS) is 22.2. The Morgan fingerprint density at radius 1 is 1.38 bits per heavy atom. The zero-order valence-corrected chi connectivity index (χ0v) is 10.7. The topological polar surface area (TPSA) is 49.4 Å². The molecule has 0 aliphatic carbocycles. The van der Waals surface area contributed by atoms with Crippen LogP contribution in [0.2, 0.25) is 0 Å². The Labute approximate surface area is 97.4 Å². The zero-order valence-electron chi connectivity index (χ0n) is 10.7. The van der Waals surface area contributed by atoms with Crippen LogP contribution in [0.4, 0.5) is 0 Å². The Morgan fingerprint density at radius 3 is 2.50 bits per heavy atom. The van der Waals surface area contributed by atoms with Crippen molar-refractivity contribution >= 4 is 11.8 Å². The minimum atomic E-state index is -0.336. The highest BCUT2D eigenvalue weighted by Crippen LogP contribution is 2.23. The van der Waals surface area contributed by atoms with Gasteiger partial charge in [0, 0.05) is 5.54 Å². The average molecular weight is 226 g/mol. The second-order valence-electron chi connectivity index (χ2n) is 5.02. The fraction of sp³-hybridized carbons (Fsp3) is 0.833. The van der Waals surface area contributed by atoms with E-state index in [1.807, 2.05) is 20.8 Å². The van der Waals surface area contributed by atoms with E-state index in [-0.39, 0.29) is 29.9 Å². The molecule has 4 nitrogen and oxygen atoms in total. The lowest BCUT2D eigenvalue weighted by Crippen LogP contribution is -2.63. The van der Waals surface area contributed by atoms with Gasteiger partial charge in [-0.05, 0) is 26.7 Å². The Hall–Kier alpha value is -1.06. The highest BCUT2D eigenvalue weighted by atomic mass is 16.2. The van der Waals surface area contributed by atoms with E-state index >= 15 is 0 Å². The molecule has 1 unspecified atom stereocenters. The van der Waals surface area contributed by atoms with Gasteiger partial charge in [0.2, 0.25) is 11.8 Å². The number of rotatable bonds is 4. The summed E-state index contributed by atoms with van der Waals surface area (Å²) in [6, 6.07) is -0.336. The van der Waals surface area contributed by atoms with Crippen LogP contribution >= 0.6 is 0 Å². The smallest absolute Gasteiger partial charge is 0.246 e. The van der Waals surface area contributed by atoms with Gasteiger partial charge < -0.3 is 10.2 Å². The molecule has 0 spiro atoms. The van der Waals surface area contributed by atoms with Gasteiger partial charge in [-0.2, -0.15) is 0 Å². The quantitative estimate of drug-likeness (QED) is 0.785. The number of piperazine rings is 1. The maximum Gasteiger partial charge on any atom is 0.246 e. The number of amides is 2. The Bertz CT molecular complexity index is 287. The zero-order chi connectivity index (χ0) is 12.3. The first kappa shape index (κ1) is 13.0. The van der Waals surface area contributed by atoms with Crippen LogP contribution in [0.25, 0.3) is 0 Å². The summed E-state index contributed by atoms with van der Waals surface area (Å²) in [7, 11) is 0. The van der Waals surface area contributed by atoms with Gasteiger partial charge in [0.15, 0.2) is 0 Å². The van der Waals surface area contributed by atoms with Crippen LogP contribution in [0, 0.1) is 0 Å². The molecule has 1 rings (SSSR count). The minimum absolute atomic E-state index is 0.0457. The maximum atomic E-state index is 12.1. The van der Waals surface area contributed by atoms with Gasteiger partial charge in [-0.1, -0.05) is 20.3 Å². The summed E-state index contributed by atoms with van der Waals surface area (Å²) < 4.78 is 0. The lowest BCUT2D eigenvalue weighted by atomic mass is 9.94. The van der Waals surface area contributed by atoms with E-state index in [2.05, 4.69) is 12.2 Å². The van der Waals surface area contributed by atoms with Crippen molar-refractivity contribution in [3.8, 4) is 0 Å². The molecule has 1 atom stereocenters. The number of carbonyl (C=O) groups is 2. The van der Waals surface area contributed by atoms with E-state index in [9.17, 15) is 9.59 Å². The van der Waals surface area contributed by atoms with Gasteiger partial charge in [0.1, 0.15) is 12.6 Å². The highest BCUT2D eigenvalue weighted by Gasteiger charge is 2.38. The van der Waals surface area contributed by atoms with E-state index in [1.165, 1.54) is 0 Å². The molecule has 2 amide bonds. The third-order valence-electron chi connectivity index (χ3n) is 3.20. The van der Waals surface area contributed by atoms with Crippen molar-refractivity contribution in [2.75, 3.05) is 6.54 Å². The van der Waals surface area contributed by atoms with Crippen LogP contribution in [0.5, 0.6) is 0 Å². The summed E-state index contributed by atoms with van der Waals surface area (Å²) in [6.07, 6.45) is 2.58. The summed E-state index contributed by atoms with van der Waals surface area (Å²) in [4.78, 5) is 25.4. The summed E-state index contributed by atoms with van der Waals surface area (Å²) in [5.74, 6) is 0.0104. The van der Waals surface area contributed by atoms with Crippen LogP contribution in [-0.2, 0) is 9.59 Å². The molecule has 0 saturated carbocycles. The number of nitrogens with one attached hydrogen (secondary N) is 1. The molecule has 0 aromatic rings. The second kappa shape index (κ2) is 4.85. The predicted octanol–water partition coefficient (Wildman–Crippen LogP) is 1.30. The Balaban J connectivity index is 2.85. The van der Waals surface area contributed by atoms with Crippen LogP contribution in [-0.4, -0.2) is 34.8 Å². The van der Waals surface area contributed by atoms with E-state index in [0.717, 1.165) is 12.8 Å². The van der Waals surface area contributed by atoms with Crippen molar-refractivity contribution in [3.63, 3.8) is 0 Å². The van der Waals surface area contributed by atoms with E-state index < -0.39 is 0 Å². The predicted molar refractivity (Wildman–Crippen MR) is 62.9 cm³/mol. The van der Waals surface area contributed by atoms with E-state index in [4.69, 9.17) is 0 Å². The van der Waals surface area contributed by atoms with Crippen molar-refractivity contribution in [2.45, 2.75) is 58.5 Å². The number of hydrogen-bond acceptors (Lipinski definition) is 2. The van der Waals surface area contributed by atoms with Crippen molar-refractivity contribution in [2.24, 2.45) is 0 Å². The van der Waals surface area contributed by atoms with Gasteiger partial charge in [-0.25, -0.2) is 0 Å². The number of carbonyl (C=O) groups excluding carboxylic acids is 2. The summed E-state index contributed by atoms with van der Waals surface area (Å²) in [6.45, 7) is 8.26. The van der Waals surface area contributed by atoms with Crippen LogP contribution < -0.4 is 5.32 Å². The molecule has 0 aromatic carbocycles. The molecular weight excluding hydrogens is 204 g/mol. The Morgan fingerprint density at radius 2 is 2.00 bits per heavy atom. The molecule has 1 heterocycles. The monoisotopic (exact) mass is 226 g/mol. The molecule has 0 bridgehead atoms. The molecule has 92 valence electrons. The van der Waals surface area contributed by atoms with Crippen molar-refractivity contribution in [1.29, 1.82) is 0 Å². The molecule has 1 aliphatic heterocycles. The first-order chi connectivity index (χ1) is 7.42. The lowest BCUT2D eigenvalue weighted by molar-refractivity contribution is -0.150. The van der Waals surface area contributed by atoms with Crippen LogP contribution in [0.3, 0.4) is 0 Å². The van der Waals surface area contributed by atoms with Gasteiger partial charge in [0.05, 0.1) is 0 Å². The SMILES string of the molecule is CCCC(C)(C)N1CC(=O)NC(CC)C1=O. The molecule has 0 radical (unpaired) electrons. The van der Waals surface area contributed by atoms with Gasteiger partial charge in [-0.3, -0.25) is 9.59 Å². The van der Waals surface area contributed by atoms with E-state index in [0.29, 0.717) is 6.42 Å². The molecule has 1 fully saturated rings. The first-order valence-electron chi connectivity index (χ1n) is 6.03. The largest absolute Gasteiger partial charge is 0.343 e. The lowest BCUT2D eigenvalue weighted by Gasteiger charge is -2.43. The molecule has 16 heavy (non-hydrogen) atoms. The summed E-state index contributed by atoms with van der Waals surface area (Å²) >= 11 is 0. The van der Waals surface area contributed by atoms with Crippen LogP contribution in [0.1, 0.15) is 47.0 Å². The van der Waals surface area contributed by atoms with Crippen LogP contribution in [0.15, 0.2) is 0 Å². The first-order valence-corrected chi connectivity index (χ1v) is 6.03. The summed E-state index contributed by atoms with van der Waals surface area (Å²) in [5, 5.41) is 2.73. The molecular formula is C12H22N2O2. The van der Waals surface area contributed by atoms with E-state index in [1.54, 1.807) is 4.90 Å². The molecule has 1 N–H and O–H groups in total. The van der Waals surface area contributed by atoms with Crippen molar-refractivity contribution < 1.29 is 9.59 Å². The molecule has 1 saturated heterocycles. The van der Waals surface area contributed by atoms with Gasteiger partial charge in [0.25, 0.3) is 0 Å². The van der Waals surface area contributed by atoms with Gasteiger partial charge >= 0.3 is 0 Å². The molecule has 1 aliphatic rings. The average Bonchev–Trinajstić information content (AvgIpc) is 2.20. The fourth-order valence-corrected chi connectivity index (χ4v) is 2.25. The number of hydrogen-bond donors (Lipinski definition) is 1. The minimum Gasteiger partial charge on any atom is -0.343 e. The van der Waals surface area contributed by atoms with Crippen molar-refractivity contribution in [1.82, 2.24) is 10.2 Å². The fourth-order valence-electron chi connectivity index (χ4n) is 2.25. The molecule has 0 aromatic heterocycles. The van der Waals surface area contributed by atoms with Gasteiger partial charge in [-0.15, -0.1) is 0 Å². The molecule has 4 heteroatoms. The third-order valence-corrected chi connectivity index (χ3v) is 3.20. The standard InChI is InChI=1S/C12H22N2O2/c1-5-7-12(3,4)14-8-10(15)13-9(6-2)11(14)16/h9H,5-8H2,1-4H3,(H,13,15). The highest BCUT2D eigenvalue weighted by molar-refractivity contribution is 5.95. The maximum absolute atomic E-state index is 12.1.